The molecule has 1 aliphatic heterocycles. The first-order valence-corrected chi connectivity index (χ1v) is 9.31. The van der Waals surface area contributed by atoms with E-state index in [0.717, 1.165) is 25.6 Å². The molecule has 24 heavy (non-hydrogen) atoms. The minimum absolute atomic E-state index is 0.366. The molecule has 0 aromatic heterocycles. The molecule has 3 rings (SSSR count). The van der Waals surface area contributed by atoms with Gasteiger partial charge in [-0.3, -0.25) is 9.80 Å². The maximum atomic E-state index is 11.0. The van der Waals surface area contributed by atoms with Crippen LogP contribution in [0.2, 0.25) is 0 Å². The van der Waals surface area contributed by atoms with Crippen LogP contribution in [-0.2, 0) is 6.54 Å². The van der Waals surface area contributed by atoms with E-state index in [4.69, 9.17) is 5.11 Å². The van der Waals surface area contributed by atoms with E-state index in [0.29, 0.717) is 17.5 Å². The Balaban J connectivity index is 1.63. The van der Waals surface area contributed by atoms with E-state index in [2.05, 4.69) is 23.6 Å². The summed E-state index contributed by atoms with van der Waals surface area (Å²) in [5.41, 5.74) is 1.57. The quantitative estimate of drug-likeness (QED) is 0.869. The lowest BCUT2D eigenvalue weighted by Gasteiger charge is -2.34. The Hall–Kier alpha value is -1.39. The lowest BCUT2D eigenvalue weighted by molar-refractivity contribution is 0.0697. The Morgan fingerprint density at radius 2 is 1.92 bits per heavy atom. The summed E-state index contributed by atoms with van der Waals surface area (Å²) in [6, 6.07) is 7.98. The third-order valence-corrected chi connectivity index (χ3v) is 5.40. The van der Waals surface area contributed by atoms with Crippen molar-refractivity contribution in [2.75, 3.05) is 26.2 Å². The maximum Gasteiger partial charge on any atom is 0.335 e. The first-order valence-electron chi connectivity index (χ1n) is 9.31. The number of carbonyl (C=O) groups is 1. The van der Waals surface area contributed by atoms with Crippen molar-refractivity contribution >= 4 is 5.97 Å². The van der Waals surface area contributed by atoms with Gasteiger partial charge in [0, 0.05) is 25.7 Å². The fraction of sp³-hybridized carbons (Fsp3) is 0.650. The van der Waals surface area contributed by atoms with Gasteiger partial charge in [-0.2, -0.15) is 0 Å². The highest BCUT2D eigenvalue weighted by Gasteiger charge is 2.32. The zero-order chi connectivity index (χ0) is 17.1. The van der Waals surface area contributed by atoms with Crippen LogP contribution in [0.25, 0.3) is 0 Å². The lowest BCUT2D eigenvalue weighted by Crippen LogP contribution is -2.45. The van der Waals surface area contributed by atoms with Crippen molar-refractivity contribution < 1.29 is 9.90 Å². The van der Waals surface area contributed by atoms with E-state index >= 15 is 0 Å². The van der Waals surface area contributed by atoms with E-state index in [1.165, 1.54) is 37.9 Å². The largest absolute Gasteiger partial charge is 0.478 e. The Morgan fingerprint density at radius 1 is 1.21 bits per heavy atom. The summed E-state index contributed by atoms with van der Waals surface area (Å²) in [5, 5.41) is 9.02. The van der Waals surface area contributed by atoms with Crippen LogP contribution in [0.4, 0.5) is 0 Å². The Kier molecular flexibility index (Phi) is 5.57. The molecule has 0 radical (unpaired) electrons. The molecule has 2 fully saturated rings. The number of nitrogens with zero attached hydrogens (tertiary/aromatic N) is 2. The predicted octanol–water partition coefficient (Wildman–Crippen LogP) is 3.33. The molecule has 1 aliphatic carbocycles. The number of rotatable bonds is 6. The first-order chi connectivity index (χ1) is 11.5. The molecule has 1 atom stereocenters. The highest BCUT2D eigenvalue weighted by molar-refractivity contribution is 5.87. The Morgan fingerprint density at radius 3 is 2.50 bits per heavy atom. The predicted molar refractivity (Wildman–Crippen MR) is 96.2 cm³/mol. The number of hydrogen-bond acceptors (Lipinski definition) is 3. The highest BCUT2D eigenvalue weighted by atomic mass is 16.4. The molecule has 1 saturated heterocycles. The normalized spacial score (nSPS) is 23.4. The second kappa shape index (κ2) is 7.66. The molecule has 1 aromatic carbocycles. The summed E-state index contributed by atoms with van der Waals surface area (Å²) < 4.78 is 0. The number of aromatic carboxylic acids is 1. The van der Waals surface area contributed by atoms with Crippen LogP contribution >= 0.6 is 0 Å². The topological polar surface area (TPSA) is 43.8 Å². The molecular formula is C20H30N2O2. The van der Waals surface area contributed by atoms with Crippen molar-refractivity contribution in [1.29, 1.82) is 0 Å². The summed E-state index contributed by atoms with van der Waals surface area (Å²) in [4.78, 5) is 16.3. The van der Waals surface area contributed by atoms with Crippen molar-refractivity contribution in [1.82, 2.24) is 9.80 Å². The summed E-state index contributed by atoms with van der Waals surface area (Å²) in [7, 11) is 0. The van der Waals surface area contributed by atoms with Crippen LogP contribution in [0.3, 0.4) is 0 Å². The highest BCUT2D eigenvalue weighted by Crippen LogP contribution is 2.32. The Bertz CT molecular complexity index is 551. The summed E-state index contributed by atoms with van der Waals surface area (Å²) in [6.45, 7) is 10.3. The van der Waals surface area contributed by atoms with E-state index in [9.17, 15) is 4.79 Å². The van der Waals surface area contributed by atoms with Crippen LogP contribution in [0, 0.1) is 11.8 Å². The summed E-state index contributed by atoms with van der Waals surface area (Å²) in [5.74, 6) is 0.756. The van der Waals surface area contributed by atoms with Gasteiger partial charge in [0.2, 0.25) is 0 Å². The van der Waals surface area contributed by atoms with E-state index < -0.39 is 5.97 Å². The molecule has 0 spiro atoms. The first kappa shape index (κ1) is 17.4. The smallest absolute Gasteiger partial charge is 0.335 e. The van der Waals surface area contributed by atoms with Crippen LogP contribution in [0.1, 0.15) is 49.0 Å². The van der Waals surface area contributed by atoms with Crippen molar-refractivity contribution in [2.45, 2.75) is 45.7 Å². The van der Waals surface area contributed by atoms with Gasteiger partial charge >= 0.3 is 5.97 Å². The van der Waals surface area contributed by atoms with Gasteiger partial charge in [-0.05, 0) is 61.9 Å². The molecule has 1 N–H and O–H groups in total. The average Bonchev–Trinajstić information content (AvgIpc) is 3.36. The zero-order valence-corrected chi connectivity index (χ0v) is 14.9. The number of carboxylic acid groups (broad SMARTS) is 1. The minimum Gasteiger partial charge on any atom is -0.478 e. The molecule has 132 valence electrons. The Labute approximate surface area is 145 Å². The summed E-state index contributed by atoms with van der Waals surface area (Å²) >= 11 is 0. The van der Waals surface area contributed by atoms with Crippen molar-refractivity contribution in [3.05, 3.63) is 35.4 Å². The molecule has 0 bridgehead atoms. The van der Waals surface area contributed by atoms with Gasteiger partial charge in [-0.15, -0.1) is 0 Å². The molecule has 0 amide bonds. The third-order valence-electron chi connectivity index (χ3n) is 5.40. The van der Waals surface area contributed by atoms with Crippen molar-refractivity contribution in [3.8, 4) is 0 Å². The van der Waals surface area contributed by atoms with Gasteiger partial charge in [-0.1, -0.05) is 26.0 Å². The molecule has 1 heterocycles. The second-order valence-electron chi connectivity index (χ2n) is 7.84. The van der Waals surface area contributed by atoms with Crippen LogP contribution < -0.4 is 0 Å². The number of benzene rings is 1. The van der Waals surface area contributed by atoms with E-state index in [1.54, 1.807) is 12.1 Å². The molecule has 0 unspecified atom stereocenters. The number of hydrogen-bond donors (Lipinski definition) is 1. The van der Waals surface area contributed by atoms with Gasteiger partial charge in [0.1, 0.15) is 0 Å². The van der Waals surface area contributed by atoms with Crippen LogP contribution in [0.15, 0.2) is 24.3 Å². The van der Waals surface area contributed by atoms with Gasteiger partial charge in [0.25, 0.3) is 0 Å². The maximum absolute atomic E-state index is 11.0. The van der Waals surface area contributed by atoms with Gasteiger partial charge in [0.05, 0.1) is 5.56 Å². The molecule has 2 aliphatic rings. The fourth-order valence-corrected chi connectivity index (χ4v) is 3.78. The monoisotopic (exact) mass is 330 g/mol. The molecule has 4 nitrogen and oxygen atoms in total. The van der Waals surface area contributed by atoms with E-state index in [-0.39, 0.29) is 0 Å². The van der Waals surface area contributed by atoms with Crippen LogP contribution in [-0.4, -0.2) is 53.1 Å². The fourth-order valence-electron chi connectivity index (χ4n) is 3.78. The standard InChI is InChI=1S/C20H30N2O2/c1-15(2)19-14-21(10-3-11-22(19)13-17-4-5-17)12-16-6-8-18(9-7-16)20(23)24/h6-9,15,17,19H,3-5,10-14H2,1-2H3,(H,23,24)/t19-/m1/s1. The number of carboxylic acids is 1. The SMILES string of the molecule is CC(C)[C@H]1CN(Cc2ccc(C(=O)O)cc2)CCCN1CC1CC1. The van der Waals surface area contributed by atoms with Crippen LogP contribution in [0.5, 0.6) is 0 Å². The van der Waals surface area contributed by atoms with E-state index in [1.807, 2.05) is 12.1 Å². The van der Waals surface area contributed by atoms with Gasteiger partial charge < -0.3 is 5.11 Å². The molecular weight excluding hydrogens is 300 g/mol. The third kappa shape index (κ3) is 4.58. The second-order valence-corrected chi connectivity index (χ2v) is 7.84. The van der Waals surface area contributed by atoms with Crippen molar-refractivity contribution in [2.24, 2.45) is 11.8 Å². The van der Waals surface area contributed by atoms with Gasteiger partial charge in [0.15, 0.2) is 0 Å². The molecule has 4 heteroatoms. The summed E-state index contributed by atoms with van der Waals surface area (Å²) in [6.07, 6.45) is 4.06. The van der Waals surface area contributed by atoms with Crippen molar-refractivity contribution in [3.63, 3.8) is 0 Å². The van der Waals surface area contributed by atoms with Gasteiger partial charge in [-0.25, -0.2) is 4.79 Å². The average molecular weight is 330 g/mol. The molecule has 1 saturated carbocycles. The minimum atomic E-state index is -0.855. The lowest BCUT2D eigenvalue weighted by atomic mass is 10.0. The zero-order valence-electron chi connectivity index (χ0n) is 14.9. The molecule has 1 aromatic rings.